The molecule has 0 aliphatic heterocycles. The van der Waals surface area contributed by atoms with Gasteiger partial charge in [0.2, 0.25) is 0 Å². The van der Waals surface area contributed by atoms with E-state index in [4.69, 9.17) is 0 Å². The number of allylic oxidation sites excluding steroid dienone is 4. The Hall–Kier alpha value is 0.210. The van der Waals surface area contributed by atoms with Crippen molar-refractivity contribution in [3.63, 3.8) is 0 Å². The lowest BCUT2D eigenvalue weighted by Crippen LogP contribution is -1.66. The fourth-order valence-electron chi connectivity index (χ4n) is 0.735. The van der Waals surface area contributed by atoms with Gasteiger partial charge in [0.15, 0.2) is 0 Å². The van der Waals surface area contributed by atoms with Gasteiger partial charge in [-0.05, 0) is 12.8 Å². The number of halogens is 1. The summed E-state index contributed by atoms with van der Waals surface area (Å²) in [7, 11) is 0. The summed E-state index contributed by atoms with van der Waals surface area (Å²) in [6, 6.07) is 0. The van der Waals surface area contributed by atoms with Crippen molar-refractivity contribution in [3.8, 4) is 0 Å². The highest BCUT2D eigenvalue weighted by Gasteiger charge is 1.75. The Labute approximate surface area is 83.9 Å². The second kappa shape index (κ2) is 10.2. The third-order valence-corrected chi connectivity index (χ3v) is 2.01. The molecule has 0 aromatic carbocycles. The number of alkyl halides is 1. The molecule has 0 fully saturated rings. The van der Waals surface area contributed by atoms with Crippen molar-refractivity contribution in [2.45, 2.75) is 32.6 Å². The molecule has 0 saturated carbocycles. The summed E-state index contributed by atoms with van der Waals surface area (Å²) in [5.74, 6) is 0. The zero-order chi connectivity index (χ0) is 8.36. The van der Waals surface area contributed by atoms with E-state index in [0.717, 1.165) is 0 Å². The van der Waals surface area contributed by atoms with Crippen LogP contribution in [0.15, 0.2) is 24.3 Å². The number of unbranched alkanes of at least 4 members (excludes halogenated alkanes) is 2. The summed E-state index contributed by atoms with van der Waals surface area (Å²) in [5, 5.41) is 0. The van der Waals surface area contributed by atoms with E-state index in [1.165, 1.54) is 30.1 Å². The second-order valence-electron chi connectivity index (χ2n) is 2.48. The first-order valence-electron chi connectivity index (χ1n) is 4.29. The van der Waals surface area contributed by atoms with Crippen LogP contribution in [0.1, 0.15) is 32.6 Å². The first kappa shape index (κ1) is 11.2. The molecule has 0 nitrogen and oxygen atoms in total. The molecule has 64 valence electrons. The van der Waals surface area contributed by atoms with Gasteiger partial charge >= 0.3 is 0 Å². The fourth-order valence-corrected chi connectivity index (χ4v) is 1.09. The van der Waals surface area contributed by atoms with Crippen LogP contribution in [0.3, 0.4) is 0 Å². The van der Waals surface area contributed by atoms with Crippen LogP contribution in [0.25, 0.3) is 0 Å². The Bertz CT molecular complexity index is 114. The maximum absolute atomic E-state index is 2.39. The Kier molecular flexibility index (Phi) is 10.4. The molecule has 0 amide bonds. The summed E-state index contributed by atoms with van der Waals surface area (Å²) >= 11 is 2.39. The van der Waals surface area contributed by atoms with E-state index in [1.807, 2.05) is 0 Å². The topological polar surface area (TPSA) is 0 Å². The molecule has 0 aromatic rings. The number of rotatable bonds is 6. The molecule has 0 radical (unpaired) electrons. The first-order chi connectivity index (χ1) is 5.41. The number of hydrogen-bond donors (Lipinski definition) is 0. The lowest BCUT2D eigenvalue weighted by Gasteiger charge is -1.85. The van der Waals surface area contributed by atoms with Crippen molar-refractivity contribution in [2.24, 2.45) is 0 Å². The molecule has 0 N–H and O–H groups in total. The third-order valence-electron chi connectivity index (χ3n) is 1.38. The van der Waals surface area contributed by atoms with Crippen molar-refractivity contribution in [2.75, 3.05) is 4.43 Å². The van der Waals surface area contributed by atoms with E-state index in [0.29, 0.717) is 0 Å². The van der Waals surface area contributed by atoms with Crippen LogP contribution in [0.5, 0.6) is 0 Å². The van der Waals surface area contributed by atoms with Gasteiger partial charge in [0, 0.05) is 4.43 Å². The normalized spacial score (nSPS) is 11.8. The van der Waals surface area contributed by atoms with Crippen LogP contribution in [0.4, 0.5) is 0 Å². The van der Waals surface area contributed by atoms with Gasteiger partial charge in [0.25, 0.3) is 0 Å². The smallest absolute Gasteiger partial charge is 0.00300 e. The van der Waals surface area contributed by atoms with Gasteiger partial charge in [0.05, 0.1) is 0 Å². The van der Waals surface area contributed by atoms with Crippen LogP contribution >= 0.6 is 22.6 Å². The summed E-state index contributed by atoms with van der Waals surface area (Å²) < 4.78 is 1.22. The van der Waals surface area contributed by atoms with Crippen molar-refractivity contribution >= 4 is 22.6 Å². The molecular weight excluding hydrogens is 247 g/mol. The van der Waals surface area contributed by atoms with Gasteiger partial charge in [0.1, 0.15) is 0 Å². The Morgan fingerprint density at radius 1 is 1.09 bits per heavy atom. The molecule has 0 rings (SSSR count). The molecule has 0 aliphatic carbocycles. The summed E-state index contributed by atoms with van der Waals surface area (Å²) in [5.41, 5.74) is 0. The minimum atomic E-state index is 1.19. The number of hydrogen-bond acceptors (Lipinski definition) is 0. The standard InChI is InChI=1S/C10H17I/c1-2-3-4-5-6-7-8-9-10-11/h5-8H,2-4,9-10H2,1H3. The van der Waals surface area contributed by atoms with Gasteiger partial charge in [-0.2, -0.15) is 0 Å². The van der Waals surface area contributed by atoms with Crippen LogP contribution in [-0.2, 0) is 0 Å². The van der Waals surface area contributed by atoms with Crippen LogP contribution in [-0.4, -0.2) is 4.43 Å². The van der Waals surface area contributed by atoms with Crippen molar-refractivity contribution in [3.05, 3.63) is 24.3 Å². The zero-order valence-electron chi connectivity index (χ0n) is 7.22. The highest BCUT2D eigenvalue weighted by molar-refractivity contribution is 14.1. The lowest BCUT2D eigenvalue weighted by atomic mass is 10.2. The molecule has 0 atom stereocenters. The highest BCUT2D eigenvalue weighted by Crippen LogP contribution is 1.95. The van der Waals surface area contributed by atoms with Crippen LogP contribution < -0.4 is 0 Å². The van der Waals surface area contributed by atoms with Crippen molar-refractivity contribution in [1.29, 1.82) is 0 Å². The average molecular weight is 264 g/mol. The minimum Gasteiger partial charge on any atom is -0.0860 e. The largest absolute Gasteiger partial charge is 0.0860 e. The Morgan fingerprint density at radius 2 is 1.73 bits per heavy atom. The molecular formula is C10H17I. The molecule has 11 heavy (non-hydrogen) atoms. The average Bonchev–Trinajstić information content (AvgIpc) is 2.03. The quantitative estimate of drug-likeness (QED) is 0.293. The molecule has 0 aromatic heterocycles. The zero-order valence-corrected chi connectivity index (χ0v) is 9.38. The van der Waals surface area contributed by atoms with E-state index < -0.39 is 0 Å². The van der Waals surface area contributed by atoms with Gasteiger partial charge in [-0.25, -0.2) is 0 Å². The van der Waals surface area contributed by atoms with Crippen molar-refractivity contribution in [1.82, 2.24) is 0 Å². The monoisotopic (exact) mass is 264 g/mol. The third kappa shape index (κ3) is 10.2. The molecule has 0 aliphatic rings. The van der Waals surface area contributed by atoms with Gasteiger partial charge < -0.3 is 0 Å². The maximum Gasteiger partial charge on any atom is 0.00300 e. The van der Waals surface area contributed by atoms with E-state index in [1.54, 1.807) is 0 Å². The molecule has 1 heteroatoms. The minimum absolute atomic E-state index is 1.19. The Morgan fingerprint density at radius 3 is 2.27 bits per heavy atom. The molecule has 0 spiro atoms. The van der Waals surface area contributed by atoms with Crippen LogP contribution in [0, 0.1) is 0 Å². The molecule has 0 bridgehead atoms. The lowest BCUT2D eigenvalue weighted by molar-refractivity contribution is 0.815. The fraction of sp³-hybridized carbons (Fsp3) is 0.600. The molecule has 0 saturated heterocycles. The predicted molar refractivity (Wildman–Crippen MR) is 61.3 cm³/mol. The second-order valence-corrected chi connectivity index (χ2v) is 3.55. The van der Waals surface area contributed by atoms with Gasteiger partial charge in [-0.15, -0.1) is 0 Å². The first-order valence-corrected chi connectivity index (χ1v) is 5.82. The van der Waals surface area contributed by atoms with Gasteiger partial charge in [-0.3, -0.25) is 0 Å². The highest BCUT2D eigenvalue weighted by atomic mass is 127. The van der Waals surface area contributed by atoms with Gasteiger partial charge in [-0.1, -0.05) is 66.7 Å². The van der Waals surface area contributed by atoms with Crippen LogP contribution in [0.2, 0.25) is 0 Å². The van der Waals surface area contributed by atoms with E-state index in [2.05, 4.69) is 53.8 Å². The van der Waals surface area contributed by atoms with Crippen molar-refractivity contribution < 1.29 is 0 Å². The Balaban J connectivity index is 3.14. The SMILES string of the molecule is CCCCC=CC=CCCI. The molecule has 0 unspecified atom stereocenters. The van der Waals surface area contributed by atoms with E-state index in [9.17, 15) is 0 Å². The summed E-state index contributed by atoms with van der Waals surface area (Å²) in [4.78, 5) is 0. The maximum atomic E-state index is 2.39. The molecule has 0 heterocycles. The van der Waals surface area contributed by atoms with E-state index in [-0.39, 0.29) is 0 Å². The van der Waals surface area contributed by atoms with E-state index >= 15 is 0 Å². The summed E-state index contributed by atoms with van der Waals surface area (Å²) in [6.07, 6.45) is 13.8. The summed E-state index contributed by atoms with van der Waals surface area (Å²) in [6.45, 7) is 2.22. The predicted octanol–water partition coefficient (Wildman–Crippen LogP) is 4.11.